The number of aliphatic hydroxyl groups excluding tert-OH is 1. The minimum atomic E-state index is -0.696. The summed E-state index contributed by atoms with van der Waals surface area (Å²) in [5, 5.41) is 21.7. The fourth-order valence-corrected chi connectivity index (χ4v) is 3.56. The molecule has 0 saturated heterocycles. The molecule has 0 saturated carbocycles. The number of hydrogen-bond acceptors (Lipinski definition) is 8. The van der Waals surface area contributed by atoms with Crippen LogP contribution >= 0.6 is 11.8 Å². The van der Waals surface area contributed by atoms with Crippen LogP contribution in [0.4, 0.5) is 11.4 Å². The van der Waals surface area contributed by atoms with E-state index >= 15 is 0 Å². The molecular formula is C20H17N3O5S. The van der Waals surface area contributed by atoms with Gasteiger partial charge < -0.3 is 9.84 Å². The molecule has 1 aromatic carbocycles. The fourth-order valence-electron chi connectivity index (χ4n) is 2.54. The summed E-state index contributed by atoms with van der Waals surface area (Å²) < 4.78 is 5.05. The first-order chi connectivity index (χ1) is 13.9. The van der Waals surface area contributed by atoms with Gasteiger partial charge in [-0.05, 0) is 44.2 Å². The Hall–Kier alpha value is -3.46. The van der Waals surface area contributed by atoms with E-state index in [4.69, 9.17) is 4.74 Å². The third kappa shape index (κ3) is 4.69. The average Bonchev–Trinajstić information content (AvgIpc) is 2.97. The van der Waals surface area contributed by atoms with Gasteiger partial charge in [0.1, 0.15) is 16.4 Å². The molecule has 29 heavy (non-hydrogen) atoms. The van der Waals surface area contributed by atoms with Gasteiger partial charge in [0.05, 0.1) is 27.8 Å². The first-order valence-electron chi connectivity index (χ1n) is 8.66. The first kappa shape index (κ1) is 20.3. The van der Waals surface area contributed by atoms with Crippen molar-refractivity contribution >= 4 is 40.2 Å². The molecule has 2 aromatic rings. The summed E-state index contributed by atoms with van der Waals surface area (Å²) in [5.41, 5.74) is 1.73. The normalized spacial score (nSPS) is 16.5. The predicted octanol–water partition coefficient (Wildman–Crippen LogP) is 4.49. The van der Waals surface area contributed by atoms with Gasteiger partial charge in [-0.15, -0.1) is 0 Å². The molecule has 1 aromatic heterocycles. The van der Waals surface area contributed by atoms with Gasteiger partial charge >= 0.3 is 5.97 Å². The van der Waals surface area contributed by atoms with Crippen molar-refractivity contribution in [3.63, 3.8) is 0 Å². The number of esters is 1. The summed E-state index contributed by atoms with van der Waals surface area (Å²) in [7, 11) is 0. The van der Waals surface area contributed by atoms with Crippen molar-refractivity contribution in [1.29, 1.82) is 0 Å². The number of pyridine rings is 1. The number of nitrogens with zero attached hydrogens (tertiary/aromatic N) is 3. The Morgan fingerprint density at radius 3 is 2.66 bits per heavy atom. The zero-order valence-electron chi connectivity index (χ0n) is 15.7. The van der Waals surface area contributed by atoms with Crippen molar-refractivity contribution in [3.05, 3.63) is 80.2 Å². The van der Waals surface area contributed by atoms with Crippen LogP contribution in [0.1, 0.15) is 18.3 Å². The maximum atomic E-state index is 12.4. The van der Waals surface area contributed by atoms with Crippen molar-refractivity contribution in [3.8, 4) is 0 Å². The van der Waals surface area contributed by atoms with Crippen LogP contribution in [0.15, 0.2) is 63.7 Å². The molecule has 0 fully saturated rings. The number of thioether (sulfide) groups is 1. The number of nitro benzene ring substituents is 1. The minimum Gasteiger partial charge on any atom is -0.506 e. The number of ether oxygens (including phenoxy) is 1. The lowest BCUT2D eigenvalue weighted by molar-refractivity contribution is -0.384. The molecule has 0 atom stereocenters. The highest BCUT2D eigenvalue weighted by Gasteiger charge is 2.33. The van der Waals surface area contributed by atoms with Gasteiger partial charge in [-0.1, -0.05) is 17.8 Å². The number of aryl methyl sites for hydroxylation is 1. The maximum Gasteiger partial charge on any atom is 0.344 e. The monoisotopic (exact) mass is 411 g/mol. The molecule has 1 aliphatic heterocycles. The summed E-state index contributed by atoms with van der Waals surface area (Å²) in [6, 6.07) is 11.0. The number of carbonyl (C=O) groups is 1. The molecule has 3 rings (SSSR count). The fraction of sp³-hybridized carbons (Fsp3) is 0.150. The van der Waals surface area contributed by atoms with Crippen LogP contribution in [0.2, 0.25) is 0 Å². The third-order valence-corrected chi connectivity index (χ3v) is 4.87. The second-order valence-corrected chi connectivity index (χ2v) is 6.98. The molecule has 8 nitrogen and oxygen atoms in total. The molecule has 0 bridgehead atoms. The molecule has 1 aliphatic rings. The van der Waals surface area contributed by atoms with Crippen LogP contribution < -0.4 is 0 Å². The van der Waals surface area contributed by atoms with Gasteiger partial charge in [0.2, 0.25) is 0 Å². The standard InChI is InChI=1S/C20H17N3O5S/c1-3-28-20(25)17-18(24)16(11-14-6-4-5-12(2)21-14)29-19(17)22-13-7-9-15(10-8-13)23(26)27/h4-11,24H,3H2,1-2H3. The van der Waals surface area contributed by atoms with Gasteiger partial charge in [0.25, 0.3) is 5.69 Å². The largest absolute Gasteiger partial charge is 0.506 e. The highest BCUT2D eigenvalue weighted by atomic mass is 32.2. The number of aliphatic imine (C=N–C) groups is 1. The molecule has 0 radical (unpaired) electrons. The summed E-state index contributed by atoms with van der Waals surface area (Å²) >= 11 is 1.10. The van der Waals surface area contributed by atoms with Crippen molar-refractivity contribution in [2.24, 2.45) is 4.99 Å². The summed E-state index contributed by atoms with van der Waals surface area (Å²) in [6.07, 6.45) is 1.66. The van der Waals surface area contributed by atoms with Gasteiger partial charge in [0.15, 0.2) is 0 Å². The smallest absolute Gasteiger partial charge is 0.344 e. The van der Waals surface area contributed by atoms with E-state index in [2.05, 4.69) is 9.98 Å². The number of carbonyl (C=O) groups excluding carboxylic acids is 1. The molecule has 0 amide bonds. The van der Waals surface area contributed by atoms with Crippen LogP contribution in [0.25, 0.3) is 6.08 Å². The molecule has 0 spiro atoms. The van der Waals surface area contributed by atoms with Crippen LogP contribution in [0.3, 0.4) is 0 Å². The zero-order chi connectivity index (χ0) is 21.0. The quantitative estimate of drug-likeness (QED) is 0.438. The molecule has 0 unspecified atom stereocenters. The lowest BCUT2D eigenvalue weighted by Crippen LogP contribution is -2.12. The van der Waals surface area contributed by atoms with E-state index in [1.807, 2.05) is 19.1 Å². The van der Waals surface area contributed by atoms with Gasteiger partial charge in [-0.25, -0.2) is 9.79 Å². The van der Waals surface area contributed by atoms with E-state index in [1.54, 1.807) is 19.1 Å². The predicted molar refractivity (Wildman–Crippen MR) is 111 cm³/mol. The number of aliphatic hydroxyl groups is 1. The number of benzene rings is 1. The minimum absolute atomic E-state index is 0.0471. The van der Waals surface area contributed by atoms with Crippen LogP contribution in [-0.2, 0) is 9.53 Å². The van der Waals surface area contributed by atoms with E-state index < -0.39 is 10.9 Å². The number of nitro groups is 1. The number of hydrogen-bond donors (Lipinski definition) is 1. The molecule has 0 aliphatic carbocycles. The Labute approximate surface area is 170 Å². The first-order valence-corrected chi connectivity index (χ1v) is 9.48. The van der Waals surface area contributed by atoms with Crippen LogP contribution in [0.5, 0.6) is 0 Å². The van der Waals surface area contributed by atoms with Crippen molar-refractivity contribution in [2.75, 3.05) is 6.61 Å². The highest BCUT2D eigenvalue weighted by Crippen LogP contribution is 2.40. The summed E-state index contributed by atoms with van der Waals surface area (Å²) in [4.78, 5) is 31.8. The van der Waals surface area contributed by atoms with Crippen molar-refractivity contribution in [2.45, 2.75) is 13.8 Å². The van der Waals surface area contributed by atoms with E-state index in [0.717, 1.165) is 17.5 Å². The maximum absolute atomic E-state index is 12.4. The van der Waals surface area contributed by atoms with Gasteiger partial charge in [-0.3, -0.25) is 15.1 Å². The summed E-state index contributed by atoms with van der Waals surface area (Å²) in [5.74, 6) is -0.934. The van der Waals surface area contributed by atoms with E-state index in [1.165, 1.54) is 24.3 Å². The van der Waals surface area contributed by atoms with E-state index in [-0.39, 0.29) is 28.7 Å². The lowest BCUT2D eigenvalue weighted by Gasteiger charge is -2.03. The zero-order valence-corrected chi connectivity index (χ0v) is 16.5. The van der Waals surface area contributed by atoms with Crippen LogP contribution in [-0.4, -0.2) is 32.6 Å². The molecule has 1 N–H and O–H groups in total. The Kier molecular flexibility index (Phi) is 6.08. The molecule has 2 heterocycles. The van der Waals surface area contributed by atoms with Crippen LogP contribution in [0, 0.1) is 17.0 Å². The SMILES string of the molecule is CCOC(=O)C1=C(O)C(=Cc2cccc(C)n2)SC1=Nc1ccc([N+](=O)[O-])cc1. The Morgan fingerprint density at radius 1 is 1.31 bits per heavy atom. The topological polar surface area (TPSA) is 115 Å². The average molecular weight is 411 g/mol. The van der Waals surface area contributed by atoms with Crippen molar-refractivity contribution < 1.29 is 19.6 Å². The third-order valence-electron chi connectivity index (χ3n) is 3.85. The number of rotatable bonds is 5. The Morgan fingerprint density at radius 2 is 2.03 bits per heavy atom. The van der Waals surface area contributed by atoms with Gasteiger partial charge in [0, 0.05) is 17.8 Å². The van der Waals surface area contributed by atoms with E-state index in [9.17, 15) is 20.0 Å². The lowest BCUT2D eigenvalue weighted by atomic mass is 10.2. The van der Waals surface area contributed by atoms with Crippen molar-refractivity contribution in [1.82, 2.24) is 4.98 Å². The molecular weight excluding hydrogens is 394 g/mol. The molecule has 148 valence electrons. The Bertz CT molecular complexity index is 1060. The second-order valence-electron chi connectivity index (χ2n) is 5.95. The van der Waals surface area contributed by atoms with E-state index in [0.29, 0.717) is 16.3 Å². The van der Waals surface area contributed by atoms with Gasteiger partial charge in [-0.2, -0.15) is 0 Å². The highest BCUT2D eigenvalue weighted by molar-refractivity contribution is 8.18. The summed E-state index contributed by atoms with van der Waals surface area (Å²) in [6.45, 7) is 3.66. The molecule has 9 heteroatoms. The Balaban J connectivity index is 2.01. The number of aromatic nitrogens is 1. The number of non-ortho nitro benzene ring substituents is 1. The second kappa shape index (κ2) is 8.70.